The van der Waals surface area contributed by atoms with Crippen LogP contribution in [0.4, 0.5) is 0 Å². The maximum absolute atomic E-state index is 9.85. The fraction of sp³-hybridized carbons (Fsp3) is 0.600. The van der Waals surface area contributed by atoms with Crippen LogP contribution in [-0.2, 0) is 9.59 Å². The van der Waals surface area contributed by atoms with E-state index in [2.05, 4.69) is 9.98 Å². The summed E-state index contributed by atoms with van der Waals surface area (Å²) >= 11 is 0. The van der Waals surface area contributed by atoms with Crippen LogP contribution in [0, 0.1) is 34.5 Å². The third kappa shape index (κ3) is 6.23. The number of hydrogen-bond donors (Lipinski definition) is 0. The quantitative estimate of drug-likeness (QED) is 0.463. The first-order valence-electron chi connectivity index (χ1n) is 4.65. The van der Waals surface area contributed by atoms with Gasteiger partial charge >= 0.3 is 0 Å². The number of nitriles is 2. The van der Waals surface area contributed by atoms with E-state index < -0.39 is 11.8 Å². The molecule has 0 aromatic heterocycles. The summed E-state index contributed by atoms with van der Waals surface area (Å²) in [5.41, 5.74) is 0. The number of aliphatic imine (C=N–C) groups is 2. The number of rotatable bonds is 7. The maximum Gasteiger partial charge on any atom is 0.234 e. The van der Waals surface area contributed by atoms with Crippen LogP contribution in [0.2, 0.25) is 0 Å². The zero-order valence-corrected chi connectivity index (χ0v) is 8.59. The zero-order chi connectivity index (χ0) is 12.2. The van der Waals surface area contributed by atoms with Crippen LogP contribution >= 0.6 is 0 Å². The summed E-state index contributed by atoms with van der Waals surface area (Å²) in [5.74, 6) is -0.810. The van der Waals surface area contributed by atoms with E-state index in [0.717, 1.165) is 0 Å². The van der Waals surface area contributed by atoms with Crippen LogP contribution in [0.1, 0.15) is 12.8 Å². The van der Waals surface area contributed by atoms with Gasteiger partial charge in [-0.3, -0.25) is 0 Å². The van der Waals surface area contributed by atoms with Crippen molar-refractivity contribution in [2.45, 2.75) is 12.8 Å². The van der Waals surface area contributed by atoms with Gasteiger partial charge in [-0.15, -0.1) is 0 Å². The lowest BCUT2D eigenvalue weighted by atomic mass is 9.97. The van der Waals surface area contributed by atoms with Gasteiger partial charge in [0.15, 0.2) is 0 Å². The van der Waals surface area contributed by atoms with Crippen LogP contribution in [0.5, 0.6) is 0 Å². The molecule has 0 saturated heterocycles. The Morgan fingerprint density at radius 3 is 1.50 bits per heavy atom. The summed E-state index contributed by atoms with van der Waals surface area (Å²) in [7, 11) is 0. The average molecular weight is 218 g/mol. The molecule has 0 heterocycles. The van der Waals surface area contributed by atoms with Crippen molar-refractivity contribution in [2.75, 3.05) is 13.1 Å². The van der Waals surface area contributed by atoms with E-state index in [1.807, 2.05) is 12.1 Å². The number of isocyanates is 2. The third-order valence-corrected chi connectivity index (χ3v) is 1.98. The van der Waals surface area contributed by atoms with E-state index in [9.17, 15) is 9.59 Å². The summed E-state index contributed by atoms with van der Waals surface area (Å²) in [4.78, 5) is 26.3. The second kappa shape index (κ2) is 9.30. The molecule has 6 nitrogen and oxygen atoms in total. The van der Waals surface area contributed by atoms with Gasteiger partial charge < -0.3 is 0 Å². The van der Waals surface area contributed by atoms with Gasteiger partial charge in [0.25, 0.3) is 0 Å². The summed E-state index contributed by atoms with van der Waals surface area (Å²) in [6.07, 6.45) is 3.59. The first kappa shape index (κ1) is 13.7. The van der Waals surface area contributed by atoms with E-state index in [1.165, 1.54) is 12.2 Å². The second-order valence-corrected chi connectivity index (χ2v) is 3.09. The minimum absolute atomic E-state index is 0.0924. The predicted molar refractivity (Wildman–Crippen MR) is 53.4 cm³/mol. The molecular weight excluding hydrogens is 208 g/mol. The molecule has 0 spiro atoms. The van der Waals surface area contributed by atoms with Crippen molar-refractivity contribution in [3.8, 4) is 12.1 Å². The number of hydrogen-bond acceptors (Lipinski definition) is 6. The lowest BCUT2D eigenvalue weighted by Crippen LogP contribution is -2.08. The molecule has 0 aliphatic heterocycles. The van der Waals surface area contributed by atoms with Gasteiger partial charge in [0, 0.05) is 0 Å². The number of nitrogens with zero attached hydrogens (tertiary/aromatic N) is 4. The average Bonchev–Trinajstić information content (AvgIpc) is 2.33. The Balaban J connectivity index is 4.08. The van der Waals surface area contributed by atoms with Crippen LogP contribution in [0.3, 0.4) is 0 Å². The van der Waals surface area contributed by atoms with E-state index in [-0.39, 0.29) is 13.1 Å². The minimum Gasteiger partial charge on any atom is -0.211 e. The maximum atomic E-state index is 9.85. The Bertz CT molecular complexity index is 343. The van der Waals surface area contributed by atoms with Crippen molar-refractivity contribution in [1.29, 1.82) is 10.5 Å². The first-order valence-corrected chi connectivity index (χ1v) is 4.65. The monoisotopic (exact) mass is 218 g/mol. The minimum atomic E-state index is -0.405. The molecule has 0 rings (SSSR count). The highest BCUT2D eigenvalue weighted by Gasteiger charge is 2.12. The molecule has 16 heavy (non-hydrogen) atoms. The summed E-state index contributed by atoms with van der Waals surface area (Å²) < 4.78 is 0. The molecule has 0 fully saturated rings. The van der Waals surface area contributed by atoms with Crippen LogP contribution < -0.4 is 0 Å². The summed E-state index contributed by atoms with van der Waals surface area (Å²) in [6.45, 7) is 0.185. The van der Waals surface area contributed by atoms with E-state index in [0.29, 0.717) is 12.8 Å². The second-order valence-electron chi connectivity index (χ2n) is 3.09. The standard InChI is InChI=1S/C10H10N4O2/c11-3-9(5-13-7-15)1-2-10(4-12)6-14-8-16/h9-10H,1-2,5-6H2. The van der Waals surface area contributed by atoms with E-state index in [4.69, 9.17) is 10.5 Å². The predicted octanol–water partition coefficient (Wildman–Crippen LogP) is 0.718. The lowest BCUT2D eigenvalue weighted by Gasteiger charge is -2.07. The molecule has 0 saturated carbocycles. The lowest BCUT2D eigenvalue weighted by molar-refractivity contribution is 0.504. The Morgan fingerprint density at radius 1 is 0.875 bits per heavy atom. The summed E-state index contributed by atoms with van der Waals surface area (Å²) in [6, 6.07) is 3.96. The topological polar surface area (TPSA) is 106 Å². The van der Waals surface area contributed by atoms with Gasteiger partial charge in [0.05, 0.1) is 37.1 Å². The van der Waals surface area contributed by atoms with Crippen molar-refractivity contribution in [3.05, 3.63) is 0 Å². The molecule has 0 radical (unpaired) electrons. The number of carbonyl (C=O) groups excluding carboxylic acids is 2. The fourth-order valence-electron chi connectivity index (χ4n) is 1.09. The third-order valence-electron chi connectivity index (χ3n) is 1.98. The largest absolute Gasteiger partial charge is 0.234 e. The molecule has 82 valence electrons. The van der Waals surface area contributed by atoms with Crippen molar-refractivity contribution in [1.82, 2.24) is 0 Å². The van der Waals surface area contributed by atoms with Gasteiger partial charge in [-0.05, 0) is 12.8 Å². The first-order chi connectivity index (χ1) is 7.78. The SMILES string of the molecule is N#CC(CCC(C#N)CN=C=O)CN=C=O. The van der Waals surface area contributed by atoms with Crippen molar-refractivity contribution in [2.24, 2.45) is 21.8 Å². The summed E-state index contributed by atoms with van der Waals surface area (Å²) in [5, 5.41) is 17.4. The van der Waals surface area contributed by atoms with Crippen molar-refractivity contribution >= 4 is 12.2 Å². The molecule has 2 atom stereocenters. The molecule has 0 amide bonds. The van der Waals surface area contributed by atoms with Gasteiger partial charge in [0.2, 0.25) is 12.2 Å². The Kier molecular flexibility index (Phi) is 7.99. The Morgan fingerprint density at radius 2 is 1.25 bits per heavy atom. The molecule has 0 aliphatic rings. The van der Waals surface area contributed by atoms with Crippen molar-refractivity contribution < 1.29 is 9.59 Å². The molecule has 6 heteroatoms. The van der Waals surface area contributed by atoms with Gasteiger partial charge in [-0.25, -0.2) is 19.6 Å². The molecule has 0 aromatic carbocycles. The zero-order valence-electron chi connectivity index (χ0n) is 8.59. The van der Waals surface area contributed by atoms with Crippen LogP contribution in [0.15, 0.2) is 9.98 Å². The fourth-order valence-corrected chi connectivity index (χ4v) is 1.09. The Hall–Kier alpha value is -2.26. The molecule has 2 unspecified atom stereocenters. The van der Waals surface area contributed by atoms with Gasteiger partial charge in [0.1, 0.15) is 0 Å². The van der Waals surface area contributed by atoms with Gasteiger partial charge in [-0.1, -0.05) is 0 Å². The normalized spacial score (nSPS) is 12.1. The highest BCUT2D eigenvalue weighted by Crippen LogP contribution is 2.12. The Labute approximate surface area is 92.9 Å². The van der Waals surface area contributed by atoms with E-state index in [1.54, 1.807) is 0 Å². The molecule has 0 bridgehead atoms. The van der Waals surface area contributed by atoms with Crippen LogP contribution in [-0.4, -0.2) is 25.2 Å². The highest BCUT2D eigenvalue weighted by molar-refractivity contribution is 5.33. The highest BCUT2D eigenvalue weighted by atomic mass is 16.1. The van der Waals surface area contributed by atoms with Crippen LogP contribution in [0.25, 0.3) is 0 Å². The van der Waals surface area contributed by atoms with Crippen molar-refractivity contribution in [3.63, 3.8) is 0 Å². The van der Waals surface area contributed by atoms with Gasteiger partial charge in [-0.2, -0.15) is 10.5 Å². The molecule has 0 aromatic rings. The molecule has 0 N–H and O–H groups in total. The van der Waals surface area contributed by atoms with E-state index >= 15 is 0 Å². The molecular formula is C10H10N4O2. The smallest absolute Gasteiger partial charge is 0.211 e. The molecule has 0 aliphatic carbocycles.